The summed E-state index contributed by atoms with van der Waals surface area (Å²) in [4.78, 5) is 41.7. The molecule has 0 amide bonds. The van der Waals surface area contributed by atoms with Gasteiger partial charge in [0.05, 0.1) is 21.6 Å². The average Bonchev–Trinajstić information content (AvgIpc) is 3.11. The van der Waals surface area contributed by atoms with Gasteiger partial charge in [0.25, 0.3) is 11.2 Å². The molecule has 0 unspecified atom stereocenters. The first-order valence-electron chi connectivity index (χ1n) is 10.1. The molecular weight excluding hydrogens is 501 g/mol. The van der Waals surface area contributed by atoms with Crippen molar-refractivity contribution < 1.29 is 14.5 Å². The van der Waals surface area contributed by atoms with E-state index in [1.165, 1.54) is 16.7 Å². The van der Waals surface area contributed by atoms with Crippen LogP contribution in [0.1, 0.15) is 31.0 Å². The van der Waals surface area contributed by atoms with E-state index in [0.29, 0.717) is 36.2 Å². The quantitative estimate of drug-likeness (QED) is 0.287. The second-order valence-electron chi connectivity index (χ2n) is 7.30. The number of esters is 1. The Labute approximate surface area is 207 Å². The third-order valence-electron chi connectivity index (χ3n) is 5.21. The third-order valence-corrected chi connectivity index (χ3v) is 6.75. The molecule has 0 aliphatic carbocycles. The van der Waals surface area contributed by atoms with Crippen molar-refractivity contribution in [3.8, 4) is 0 Å². The van der Waals surface area contributed by atoms with E-state index in [9.17, 15) is 19.7 Å². The van der Waals surface area contributed by atoms with Crippen molar-refractivity contribution in [2.75, 3.05) is 6.61 Å². The van der Waals surface area contributed by atoms with Gasteiger partial charge in [-0.25, -0.2) is 9.79 Å². The Morgan fingerprint density at radius 3 is 2.59 bits per heavy atom. The Bertz CT molecular complexity index is 1520. The first-order valence-corrected chi connectivity index (χ1v) is 11.7. The number of nitro benzene ring substituents is 1. The van der Waals surface area contributed by atoms with Gasteiger partial charge in [-0.3, -0.25) is 19.5 Å². The summed E-state index contributed by atoms with van der Waals surface area (Å²) in [6.07, 6.45) is 1.64. The number of rotatable bonds is 5. The Balaban J connectivity index is 1.93. The van der Waals surface area contributed by atoms with E-state index in [2.05, 4.69) is 4.99 Å². The largest absolute Gasteiger partial charge is 0.463 e. The van der Waals surface area contributed by atoms with Crippen molar-refractivity contribution in [3.05, 3.63) is 99.0 Å². The molecule has 3 aromatic rings. The fraction of sp³-hybridized carbons (Fsp3) is 0.174. The number of fused-ring (bicyclic) bond motifs is 1. The molecule has 0 saturated carbocycles. The summed E-state index contributed by atoms with van der Waals surface area (Å²) in [7, 11) is 0. The van der Waals surface area contributed by atoms with E-state index in [4.69, 9.17) is 27.9 Å². The highest BCUT2D eigenvalue weighted by Crippen LogP contribution is 2.33. The minimum absolute atomic E-state index is 0.0808. The lowest BCUT2D eigenvalue weighted by atomic mass is 9.96. The van der Waals surface area contributed by atoms with Gasteiger partial charge in [0.1, 0.15) is 6.04 Å². The van der Waals surface area contributed by atoms with Crippen LogP contribution in [0.15, 0.2) is 57.8 Å². The number of aromatic nitrogens is 1. The van der Waals surface area contributed by atoms with Crippen LogP contribution < -0.4 is 14.9 Å². The van der Waals surface area contributed by atoms with E-state index in [-0.39, 0.29) is 23.4 Å². The topological polar surface area (TPSA) is 104 Å². The first kappa shape index (κ1) is 23.9. The number of halogens is 2. The predicted molar refractivity (Wildman–Crippen MR) is 131 cm³/mol. The number of hydrogen-bond acceptors (Lipinski definition) is 7. The highest BCUT2D eigenvalue weighted by atomic mass is 35.5. The van der Waals surface area contributed by atoms with Crippen LogP contribution in [0.25, 0.3) is 11.8 Å². The zero-order valence-corrected chi connectivity index (χ0v) is 20.3. The van der Waals surface area contributed by atoms with Gasteiger partial charge in [-0.15, -0.1) is 0 Å². The Hall–Kier alpha value is -3.27. The SMILES string of the molecule is CCOC(=O)C1=C(C)n2c(s/c(=C\c3ccc(Cl)cc3Cl)c2=O)=N[C@@H]1c1ccc([N+](=O)[O-])cc1. The number of benzene rings is 2. The molecule has 1 aliphatic rings. The van der Waals surface area contributed by atoms with Crippen LogP contribution in [-0.2, 0) is 9.53 Å². The van der Waals surface area contributed by atoms with E-state index < -0.39 is 16.9 Å². The fourth-order valence-electron chi connectivity index (χ4n) is 3.60. The molecule has 0 fully saturated rings. The summed E-state index contributed by atoms with van der Waals surface area (Å²) >= 11 is 13.4. The number of ether oxygens (including phenoxy) is 1. The van der Waals surface area contributed by atoms with Crippen LogP contribution in [0.4, 0.5) is 5.69 Å². The van der Waals surface area contributed by atoms with Crippen molar-refractivity contribution >= 4 is 58.0 Å². The molecule has 8 nitrogen and oxygen atoms in total. The highest BCUT2D eigenvalue weighted by Gasteiger charge is 2.31. The molecule has 0 saturated heterocycles. The average molecular weight is 518 g/mol. The molecule has 2 aromatic carbocycles. The van der Waals surface area contributed by atoms with Gasteiger partial charge >= 0.3 is 5.97 Å². The maximum Gasteiger partial charge on any atom is 0.338 e. The van der Waals surface area contributed by atoms with E-state index in [1.807, 2.05) is 0 Å². The van der Waals surface area contributed by atoms with Crippen LogP contribution in [-0.4, -0.2) is 22.1 Å². The van der Waals surface area contributed by atoms with Crippen molar-refractivity contribution in [3.63, 3.8) is 0 Å². The monoisotopic (exact) mass is 517 g/mol. The molecule has 0 spiro atoms. The van der Waals surface area contributed by atoms with Gasteiger partial charge in [0.15, 0.2) is 4.80 Å². The Morgan fingerprint density at radius 1 is 1.26 bits per heavy atom. The molecule has 4 rings (SSSR count). The summed E-state index contributed by atoms with van der Waals surface area (Å²) < 4.78 is 6.97. The zero-order chi connectivity index (χ0) is 24.6. The number of allylic oxidation sites excluding steroid dienone is 1. The van der Waals surface area contributed by atoms with Gasteiger partial charge in [0, 0.05) is 27.9 Å². The van der Waals surface area contributed by atoms with Crippen LogP contribution in [0.5, 0.6) is 0 Å². The molecule has 11 heteroatoms. The molecule has 0 N–H and O–H groups in total. The summed E-state index contributed by atoms with van der Waals surface area (Å²) in [6.45, 7) is 3.47. The van der Waals surface area contributed by atoms with Gasteiger partial charge < -0.3 is 4.74 Å². The second kappa shape index (κ2) is 9.54. The smallest absolute Gasteiger partial charge is 0.338 e. The molecule has 1 aliphatic heterocycles. The molecule has 1 aromatic heterocycles. The van der Waals surface area contributed by atoms with Gasteiger partial charge in [-0.2, -0.15) is 0 Å². The summed E-state index contributed by atoms with van der Waals surface area (Å²) in [5.74, 6) is -0.609. The maximum absolute atomic E-state index is 13.2. The lowest BCUT2D eigenvalue weighted by Gasteiger charge is -2.22. The Morgan fingerprint density at radius 2 is 1.97 bits per heavy atom. The summed E-state index contributed by atoms with van der Waals surface area (Å²) in [6, 6.07) is 9.95. The molecule has 2 heterocycles. The molecule has 1 atom stereocenters. The Kier molecular flexibility index (Phi) is 6.70. The zero-order valence-electron chi connectivity index (χ0n) is 18.0. The lowest BCUT2D eigenvalue weighted by Crippen LogP contribution is -2.35. The third kappa shape index (κ3) is 4.42. The second-order valence-corrected chi connectivity index (χ2v) is 9.15. The first-order chi connectivity index (χ1) is 16.2. The van der Waals surface area contributed by atoms with Crippen LogP contribution in [0.3, 0.4) is 0 Å². The van der Waals surface area contributed by atoms with E-state index in [1.54, 1.807) is 50.3 Å². The number of carbonyl (C=O) groups excluding carboxylic acids is 1. The predicted octanol–water partition coefficient (Wildman–Crippen LogP) is 4.12. The van der Waals surface area contributed by atoms with Gasteiger partial charge in [-0.1, -0.05) is 40.6 Å². The number of nitrogens with zero attached hydrogens (tertiary/aromatic N) is 3. The van der Waals surface area contributed by atoms with Crippen molar-refractivity contribution in [1.29, 1.82) is 0 Å². The number of carbonyl (C=O) groups is 1. The summed E-state index contributed by atoms with van der Waals surface area (Å²) in [5.41, 5.74) is 1.32. The van der Waals surface area contributed by atoms with Crippen molar-refractivity contribution in [1.82, 2.24) is 4.57 Å². The molecule has 0 bridgehead atoms. The molecule has 0 radical (unpaired) electrons. The highest BCUT2D eigenvalue weighted by molar-refractivity contribution is 7.07. The molecular formula is C23H17Cl2N3O5S. The summed E-state index contributed by atoms with van der Waals surface area (Å²) in [5, 5.41) is 11.9. The minimum Gasteiger partial charge on any atom is -0.463 e. The number of thiazole rings is 1. The number of nitro groups is 1. The van der Waals surface area contributed by atoms with E-state index in [0.717, 1.165) is 11.3 Å². The van der Waals surface area contributed by atoms with Crippen LogP contribution in [0, 0.1) is 10.1 Å². The van der Waals surface area contributed by atoms with E-state index >= 15 is 0 Å². The molecule has 174 valence electrons. The fourth-order valence-corrected chi connectivity index (χ4v) is 5.09. The van der Waals surface area contributed by atoms with Gasteiger partial charge in [-0.05, 0) is 55.3 Å². The van der Waals surface area contributed by atoms with Crippen LogP contribution in [0.2, 0.25) is 10.0 Å². The maximum atomic E-state index is 13.2. The minimum atomic E-state index is -0.787. The standard InChI is InChI=1S/C23H17Cl2N3O5S/c1-3-33-22(30)19-12(2)27-21(29)18(10-14-4-7-15(24)11-17(14)25)34-23(27)26-20(19)13-5-8-16(9-6-13)28(31)32/h4-11,20H,3H2,1-2H3/b18-10-/t20-/m1/s1. The van der Waals surface area contributed by atoms with Crippen molar-refractivity contribution in [2.24, 2.45) is 4.99 Å². The normalized spacial score (nSPS) is 15.6. The lowest BCUT2D eigenvalue weighted by molar-refractivity contribution is -0.384. The number of hydrogen-bond donors (Lipinski definition) is 0. The number of non-ortho nitro benzene ring substituents is 1. The molecule has 34 heavy (non-hydrogen) atoms. The van der Waals surface area contributed by atoms with Crippen molar-refractivity contribution in [2.45, 2.75) is 19.9 Å². The van der Waals surface area contributed by atoms with Crippen LogP contribution >= 0.6 is 34.5 Å². The van der Waals surface area contributed by atoms with Gasteiger partial charge in [0.2, 0.25) is 0 Å².